The number of aromatic amines is 1. The van der Waals surface area contributed by atoms with Gasteiger partial charge in [-0.15, -0.1) is 0 Å². The number of carbonyl (C=O) groups excluding carboxylic acids is 2. The lowest BCUT2D eigenvalue weighted by Crippen LogP contribution is -2.18. The molecule has 0 unspecified atom stereocenters. The van der Waals surface area contributed by atoms with Crippen LogP contribution in [0.15, 0.2) is 72.3 Å². The van der Waals surface area contributed by atoms with Crippen molar-refractivity contribution >= 4 is 28.0 Å². The number of ketones is 2. The Kier molecular flexibility index (Phi) is 4.01. The van der Waals surface area contributed by atoms with Crippen LogP contribution < -0.4 is 4.74 Å². The fourth-order valence-corrected chi connectivity index (χ4v) is 3.07. The first-order valence-corrected chi connectivity index (χ1v) is 8.26. The number of benzene rings is 2. The second-order valence-corrected chi connectivity index (χ2v) is 6.10. The summed E-state index contributed by atoms with van der Waals surface area (Å²) in [7, 11) is 0. The molecule has 0 radical (unpaired) electrons. The van der Waals surface area contributed by atoms with Gasteiger partial charge < -0.3 is 19.9 Å². The maximum absolute atomic E-state index is 12.4. The molecule has 1 heterocycles. The molecule has 6 heteroatoms. The molecule has 0 aliphatic heterocycles. The minimum absolute atomic E-state index is 0.248. The van der Waals surface area contributed by atoms with E-state index in [-0.39, 0.29) is 5.57 Å². The third-order valence-corrected chi connectivity index (χ3v) is 4.37. The number of fused-ring (bicyclic) bond motifs is 1. The monoisotopic (exact) mass is 361 g/mol. The van der Waals surface area contributed by atoms with Gasteiger partial charge in [-0.3, -0.25) is 9.59 Å². The summed E-state index contributed by atoms with van der Waals surface area (Å²) < 4.78 is 5.92. The maximum atomic E-state index is 12.4. The summed E-state index contributed by atoms with van der Waals surface area (Å²) in [6, 6.07) is 14.9. The third kappa shape index (κ3) is 2.87. The molecule has 0 saturated heterocycles. The number of rotatable bonds is 4. The Labute approximate surface area is 154 Å². The van der Waals surface area contributed by atoms with Gasteiger partial charge in [-0.2, -0.15) is 0 Å². The molecule has 2 aromatic carbocycles. The SMILES string of the molecule is O=C1C=C(O)C(=O)C(c2c[nH]c3cccc(OCc4ccccc4)c23)=C1O. The first-order chi connectivity index (χ1) is 13.1. The molecule has 3 N–H and O–H groups in total. The van der Waals surface area contributed by atoms with Crippen LogP contribution in [0.4, 0.5) is 0 Å². The zero-order valence-corrected chi connectivity index (χ0v) is 14.1. The molecule has 0 bridgehead atoms. The number of H-pyrrole nitrogens is 1. The molecule has 1 aliphatic rings. The number of Topliss-reactive ketones (excluding diaryl/α,β-unsaturated/α-hetero) is 1. The Bertz CT molecular complexity index is 1120. The average Bonchev–Trinajstić information content (AvgIpc) is 3.10. The van der Waals surface area contributed by atoms with Crippen LogP contribution in [-0.4, -0.2) is 26.8 Å². The molecule has 1 aromatic heterocycles. The van der Waals surface area contributed by atoms with Crippen molar-refractivity contribution in [2.24, 2.45) is 0 Å². The first-order valence-electron chi connectivity index (χ1n) is 8.26. The van der Waals surface area contributed by atoms with Gasteiger partial charge in [0.05, 0.1) is 5.57 Å². The summed E-state index contributed by atoms with van der Waals surface area (Å²) in [4.78, 5) is 27.2. The van der Waals surface area contributed by atoms with Crippen molar-refractivity contribution < 1.29 is 24.5 Å². The molecule has 0 amide bonds. The van der Waals surface area contributed by atoms with Crippen molar-refractivity contribution in [1.82, 2.24) is 4.98 Å². The summed E-state index contributed by atoms with van der Waals surface area (Å²) in [5, 5.41) is 20.4. The molecule has 27 heavy (non-hydrogen) atoms. The number of aromatic nitrogens is 1. The molecule has 0 fully saturated rings. The molecule has 4 rings (SSSR count). The van der Waals surface area contributed by atoms with E-state index in [0.717, 1.165) is 5.56 Å². The maximum Gasteiger partial charge on any atom is 0.231 e. The molecule has 6 nitrogen and oxygen atoms in total. The predicted molar refractivity (Wildman–Crippen MR) is 99.3 cm³/mol. The number of nitrogens with one attached hydrogen (secondary N) is 1. The molecular weight excluding hydrogens is 346 g/mol. The summed E-state index contributed by atoms with van der Waals surface area (Å²) in [6.45, 7) is 0.313. The van der Waals surface area contributed by atoms with E-state index in [4.69, 9.17) is 4.74 Å². The summed E-state index contributed by atoms with van der Waals surface area (Å²) in [6.07, 6.45) is 2.22. The fourth-order valence-electron chi connectivity index (χ4n) is 3.07. The summed E-state index contributed by atoms with van der Waals surface area (Å²) in [5.74, 6) is -2.55. The lowest BCUT2D eigenvalue weighted by Gasteiger charge is -2.14. The zero-order chi connectivity index (χ0) is 19.0. The van der Waals surface area contributed by atoms with E-state index >= 15 is 0 Å². The predicted octanol–water partition coefficient (Wildman–Crippen LogP) is 3.61. The second kappa shape index (κ2) is 6.49. The van der Waals surface area contributed by atoms with Gasteiger partial charge in [-0.1, -0.05) is 36.4 Å². The van der Waals surface area contributed by atoms with Gasteiger partial charge in [-0.05, 0) is 17.7 Å². The summed E-state index contributed by atoms with van der Waals surface area (Å²) >= 11 is 0. The van der Waals surface area contributed by atoms with E-state index in [2.05, 4.69) is 4.98 Å². The summed E-state index contributed by atoms with van der Waals surface area (Å²) in [5.41, 5.74) is 1.69. The van der Waals surface area contributed by atoms with Crippen molar-refractivity contribution in [3.8, 4) is 5.75 Å². The molecule has 0 spiro atoms. The number of allylic oxidation sites excluding steroid dienone is 2. The van der Waals surface area contributed by atoms with Gasteiger partial charge in [0.1, 0.15) is 12.4 Å². The number of hydrogen-bond acceptors (Lipinski definition) is 5. The molecule has 134 valence electrons. The van der Waals surface area contributed by atoms with Gasteiger partial charge >= 0.3 is 0 Å². The highest BCUT2D eigenvalue weighted by atomic mass is 16.5. The Morgan fingerprint density at radius 1 is 0.963 bits per heavy atom. The molecule has 0 saturated carbocycles. The van der Waals surface area contributed by atoms with Crippen LogP contribution in [0.5, 0.6) is 5.75 Å². The van der Waals surface area contributed by atoms with Crippen molar-refractivity contribution in [2.45, 2.75) is 6.61 Å². The van der Waals surface area contributed by atoms with Gasteiger partial charge in [-0.25, -0.2) is 0 Å². The number of hydrogen-bond donors (Lipinski definition) is 3. The van der Waals surface area contributed by atoms with Crippen LogP contribution in [0.3, 0.4) is 0 Å². The van der Waals surface area contributed by atoms with Crippen molar-refractivity contribution in [2.75, 3.05) is 0 Å². The Hall–Kier alpha value is -3.80. The highest BCUT2D eigenvalue weighted by molar-refractivity contribution is 6.38. The molecule has 3 aromatic rings. The van der Waals surface area contributed by atoms with Gasteiger partial charge in [0.15, 0.2) is 11.5 Å². The Balaban J connectivity index is 1.80. The second-order valence-electron chi connectivity index (χ2n) is 6.10. The Morgan fingerprint density at radius 2 is 1.74 bits per heavy atom. The van der Waals surface area contributed by atoms with Crippen LogP contribution in [-0.2, 0) is 16.2 Å². The smallest absolute Gasteiger partial charge is 0.231 e. The number of aliphatic hydroxyl groups is 2. The van der Waals surface area contributed by atoms with E-state index in [0.29, 0.717) is 34.9 Å². The standard InChI is InChI=1S/C21H15NO5/c23-15-9-16(24)21(26)19(20(15)25)13-10-22-14-7-4-8-17(18(13)14)27-11-12-5-2-1-3-6-12/h1-10,22-23,26H,11H2. The van der Waals surface area contributed by atoms with E-state index in [1.165, 1.54) is 6.20 Å². The highest BCUT2D eigenvalue weighted by Crippen LogP contribution is 2.36. The lowest BCUT2D eigenvalue weighted by molar-refractivity contribution is -0.117. The lowest BCUT2D eigenvalue weighted by atomic mass is 9.93. The average molecular weight is 361 g/mol. The number of ether oxygens (including phenoxy) is 1. The number of aliphatic hydroxyl groups excluding tert-OH is 2. The first kappa shape index (κ1) is 16.7. The van der Waals surface area contributed by atoms with Crippen molar-refractivity contribution in [3.63, 3.8) is 0 Å². The largest absolute Gasteiger partial charge is 0.504 e. The minimum Gasteiger partial charge on any atom is -0.504 e. The number of carbonyl (C=O) groups is 2. The van der Waals surface area contributed by atoms with Crippen LogP contribution in [0.25, 0.3) is 16.5 Å². The normalized spacial score (nSPS) is 14.6. The van der Waals surface area contributed by atoms with Gasteiger partial charge in [0.2, 0.25) is 11.6 Å². The Morgan fingerprint density at radius 3 is 2.52 bits per heavy atom. The fraction of sp³-hybridized carbons (Fsp3) is 0.0476. The van der Waals surface area contributed by atoms with Crippen LogP contribution in [0, 0.1) is 0 Å². The topological polar surface area (TPSA) is 99.6 Å². The molecule has 1 aliphatic carbocycles. The molecule has 0 atom stereocenters. The van der Waals surface area contributed by atoms with Crippen molar-refractivity contribution in [3.05, 3.63) is 83.4 Å². The zero-order valence-electron chi connectivity index (χ0n) is 14.1. The van der Waals surface area contributed by atoms with Gasteiger partial charge in [0, 0.05) is 28.7 Å². The highest BCUT2D eigenvalue weighted by Gasteiger charge is 2.31. The van der Waals surface area contributed by atoms with Gasteiger partial charge in [0.25, 0.3) is 0 Å². The van der Waals surface area contributed by atoms with Crippen LogP contribution >= 0.6 is 0 Å². The van der Waals surface area contributed by atoms with E-state index in [9.17, 15) is 19.8 Å². The van der Waals surface area contributed by atoms with E-state index < -0.39 is 23.1 Å². The van der Waals surface area contributed by atoms with E-state index in [1.807, 2.05) is 30.3 Å². The van der Waals surface area contributed by atoms with Crippen LogP contribution in [0.2, 0.25) is 0 Å². The van der Waals surface area contributed by atoms with Crippen molar-refractivity contribution in [1.29, 1.82) is 0 Å². The third-order valence-electron chi connectivity index (χ3n) is 4.37. The minimum atomic E-state index is -0.820. The van der Waals surface area contributed by atoms with E-state index in [1.54, 1.807) is 18.2 Å². The quantitative estimate of drug-likeness (QED) is 0.617. The van der Waals surface area contributed by atoms with Crippen LogP contribution in [0.1, 0.15) is 11.1 Å². The molecular formula is C21H15NO5.